The lowest BCUT2D eigenvalue weighted by Gasteiger charge is -2.17. The first-order valence-corrected chi connectivity index (χ1v) is 8.98. The van der Waals surface area contributed by atoms with Crippen LogP contribution < -0.4 is 0 Å². The normalized spacial score (nSPS) is 13.0. The minimum absolute atomic E-state index is 0.0295. The SMILES string of the molecule is Cc1ccc(O)c(C(=NC[C@H](CC(=O)O)CC(C)C)c2ccccc2)c1. The molecule has 26 heavy (non-hydrogen) atoms. The monoisotopic (exact) mass is 353 g/mol. The first-order valence-electron chi connectivity index (χ1n) is 8.98. The zero-order valence-corrected chi connectivity index (χ0v) is 15.6. The lowest BCUT2D eigenvalue weighted by molar-refractivity contribution is -0.138. The van der Waals surface area contributed by atoms with Crippen molar-refractivity contribution in [3.63, 3.8) is 0 Å². The van der Waals surface area contributed by atoms with E-state index in [0.717, 1.165) is 17.5 Å². The molecule has 0 aliphatic heterocycles. The predicted octanol–water partition coefficient (Wildman–Crippen LogP) is 4.68. The maximum atomic E-state index is 11.2. The van der Waals surface area contributed by atoms with E-state index >= 15 is 0 Å². The predicted molar refractivity (Wildman–Crippen MR) is 105 cm³/mol. The van der Waals surface area contributed by atoms with Gasteiger partial charge in [-0.1, -0.05) is 55.8 Å². The fourth-order valence-electron chi connectivity index (χ4n) is 3.12. The average molecular weight is 353 g/mol. The van der Waals surface area contributed by atoms with E-state index in [9.17, 15) is 15.0 Å². The third-order valence-electron chi connectivity index (χ3n) is 4.23. The van der Waals surface area contributed by atoms with Crippen LogP contribution in [-0.2, 0) is 4.79 Å². The molecule has 1 atom stereocenters. The van der Waals surface area contributed by atoms with Gasteiger partial charge in [0, 0.05) is 24.1 Å². The summed E-state index contributed by atoms with van der Waals surface area (Å²) in [4.78, 5) is 16.0. The standard InChI is InChI=1S/C22H27NO3/c1-15(2)11-17(13-21(25)26)14-23-22(18-7-5-4-6-8-18)19-12-16(3)9-10-20(19)24/h4-10,12,15,17,24H,11,13-14H2,1-3H3,(H,25,26)/t17-/m0/s1. The summed E-state index contributed by atoms with van der Waals surface area (Å²) in [6.45, 7) is 6.56. The molecule has 0 unspecified atom stereocenters. The molecule has 4 nitrogen and oxygen atoms in total. The van der Waals surface area contributed by atoms with Gasteiger partial charge in [-0.25, -0.2) is 0 Å². The summed E-state index contributed by atoms with van der Waals surface area (Å²) < 4.78 is 0. The van der Waals surface area contributed by atoms with Crippen LogP contribution in [0.5, 0.6) is 5.75 Å². The first-order chi connectivity index (χ1) is 12.4. The Morgan fingerprint density at radius 2 is 1.81 bits per heavy atom. The second-order valence-corrected chi connectivity index (χ2v) is 7.17. The summed E-state index contributed by atoms with van der Waals surface area (Å²) in [6.07, 6.45) is 0.904. The Morgan fingerprint density at radius 3 is 2.42 bits per heavy atom. The molecule has 0 saturated carbocycles. The van der Waals surface area contributed by atoms with Crippen molar-refractivity contribution in [3.8, 4) is 5.75 Å². The van der Waals surface area contributed by atoms with Crippen LogP contribution in [0.3, 0.4) is 0 Å². The smallest absolute Gasteiger partial charge is 0.303 e. The highest BCUT2D eigenvalue weighted by Crippen LogP contribution is 2.24. The Balaban J connectivity index is 2.41. The molecule has 138 valence electrons. The number of aliphatic carboxylic acids is 1. The van der Waals surface area contributed by atoms with Crippen molar-refractivity contribution in [2.24, 2.45) is 16.8 Å². The summed E-state index contributed by atoms with van der Waals surface area (Å²) in [5.41, 5.74) is 3.32. The molecule has 0 aliphatic carbocycles. The summed E-state index contributed by atoms with van der Waals surface area (Å²) in [5, 5.41) is 19.5. The van der Waals surface area contributed by atoms with E-state index in [1.165, 1.54) is 0 Å². The van der Waals surface area contributed by atoms with Gasteiger partial charge in [-0.3, -0.25) is 9.79 Å². The fourth-order valence-corrected chi connectivity index (χ4v) is 3.12. The van der Waals surface area contributed by atoms with Gasteiger partial charge in [-0.15, -0.1) is 0 Å². The molecule has 4 heteroatoms. The number of hydrogen-bond donors (Lipinski definition) is 2. The second kappa shape index (κ2) is 9.18. The molecule has 0 aromatic heterocycles. The van der Waals surface area contributed by atoms with Crippen molar-refractivity contribution in [1.29, 1.82) is 0 Å². The molecule has 0 radical (unpaired) electrons. The lowest BCUT2D eigenvalue weighted by atomic mass is 9.93. The molecule has 2 aromatic rings. The molecular weight excluding hydrogens is 326 g/mol. The molecule has 0 aliphatic rings. The first kappa shape index (κ1) is 19.7. The zero-order valence-electron chi connectivity index (χ0n) is 15.6. The Kier molecular flexibility index (Phi) is 6.96. The molecule has 0 saturated heterocycles. The molecule has 2 rings (SSSR count). The van der Waals surface area contributed by atoms with Crippen LogP contribution in [0.4, 0.5) is 0 Å². The minimum Gasteiger partial charge on any atom is -0.507 e. The van der Waals surface area contributed by atoms with Gasteiger partial charge in [0.25, 0.3) is 0 Å². The number of carboxylic acids is 1. The van der Waals surface area contributed by atoms with Gasteiger partial charge in [-0.05, 0) is 37.3 Å². The number of aliphatic imine (C=N–C) groups is 1. The molecule has 2 aromatic carbocycles. The van der Waals surface area contributed by atoms with E-state index in [2.05, 4.69) is 13.8 Å². The van der Waals surface area contributed by atoms with Crippen LogP contribution in [0.1, 0.15) is 43.4 Å². The minimum atomic E-state index is -0.800. The van der Waals surface area contributed by atoms with Gasteiger partial charge in [0.1, 0.15) is 5.75 Å². The largest absolute Gasteiger partial charge is 0.507 e. The van der Waals surface area contributed by atoms with Crippen LogP contribution in [0, 0.1) is 18.8 Å². The van der Waals surface area contributed by atoms with Gasteiger partial charge in [0.05, 0.1) is 5.71 Å². The molecule has 0 heterocycles. The van der Waals surface area contributed by atoms with Gasteiger partial charge in [-0.2, -0.15) is 0 Å². The van der Waals surface area contributed by atoms with Crippen molar-refractivity contribution in [2.45, 2.75) is 33.6 Å². The fraction of sp³-hybridized carbons (Fsp3) is 0.364. The van der Waals surface area contributed by atoms with Gasteiger partial charge in [0.15, 0.2) is 0 Å². The van der Waals surface area contributed by atoms with Crippen molar-refractivity contribution < 1.29 is 15.0 Å². The molecular formula is C22H27NO3. The number of aromatic hydroxyl groups is 1. The van der Waals surface area contributed by atoms with E-state index in [1.807, 2.05) is 49.4 Å². The Morgan fingerprint density at radius 1 is 1.12 bits per heavy atom. The third kappa shape index (κ3) is 5.73. The van der Waals surface area contributed by atoms with Crippen molar-refractivity contribution in [3.05, 3.63) is 65.2 Å². The highest BCUT2D eigenvalue weighted by atomic mass is 16.4. The van der Waals surface area contributed by atoms with Crippen LogP contribution in [-0.4, -0.2) is 28.4 Å². The number of carboxylic acid groups (broad SMARTS) is 1. The number of aryl methyl sites for hydroxylation is 1. The van der Waals surface area contributed by atoms with Gasteiger partial charge >= 0.3 is 5.97 Å². The highest BCUT2D eigenvalue weighted by molar-refractivity contribution is 6.14. The number of hydrogen-bond acceptors (Lipinski definition) is 3. The van der Waals surface area contributed by atoms with Crippen LogP contribution in [0.2, 0.25) is 0 Å². The molecule has 0 amide bonds. The van der Waals surface area contributed by atoms with Crippen LogP contribution >= 0.6 is 0 Å². The van der Waals surface area contributed by atoms with Crippen molar-refractivity contribution in [1.82, 2.24) is 0 Å². The maximum Gasteiger partial charge on any atom is 0.303 e. The van der Waals surface area contributed by atoms with Crippen molar-refractivity contribution >= 4 is 11.7 Å². The maximum absolute atomic E-state index is 11.2. The molecule has 2 N–H and O–H groups in total. The van der Waals surface area contributed by atoms with Gasteiger partial charge in [0.2, 0.25) is 0 Å². The number of rotatable bonds is 8. The molecule has 0 spiro atoms. The summed E-state index contributed by atoms with van der Waals surface area (Å²) >= 11 is 0. The third-order valence-corrected chi connectivity index (χ3v) is 4.23. The van der Waals surface area contributed by atoms with Crippen molar-refractivity contribution in [2.75, 3.05) is 6.54 Å². The molecule has 0 bridgehead atoms. The highest BCUT2D eigenvalue weighted by Gasteiger charge is 2.17. The molecule has 0 fully saturated rings. The van der Waals surface area contributed by atoms with Crippen LogP contribution in [0.15, 0.2) is 53.5 Å². The topological polar surface area (TPSA) is 69.9 Å². The Hall–Kier alpha value is -2.62. The number of phenols is 1. The van der Waals surface area contributed by atoms with E-state index < -0.39 is 5.97 Å². The number of benzene rings is 2. The van der Waals surface area contributed by atoms with E-state index in [1.54, 1.807) is 6.07 Å². The lowest BCUT2D eigenvalue weighted by Crippen LogP contribution is -2.15. The quantitative estimate of drug-likeness (QED) is 0.677. The van der Waals surface area contributed by atoms with E-state index in [-0.39, 0.29) is 18.1 Å². The van der Waals surface area contributed by atoms with E-state index in [4.69, 9.17) is 4.99 Å². The Bertz CT molecular complexity index is 766. The van der Waals surface area contributed by atoms with E-state index in [0.29, 0.717) is 23.7 Å². The number of nitrogens with zero attached hydrogens (tertiary/aromatic N) is 1. The summed E-state index contributed by atoms with van der Waals surface area (Å²) in [5.74, 6) is -0.248. The number of phenolic OH excluding ortho intramolecular Hbond substituents is 1. The average Bonchev–Trinajstić information content (AvgIpc) is 2.58. The van der Waals surface area contributed by atoms with Gasteiger partial charge < -0.3 is 10.2 Å². The Labute approximate surface area is 155 Å². The van der Waals surface area contributed by atoms with Crippen LogP contribution in [0.25, 0.3) is 0 Å². The summed E-state index contributed by atoms with van der Waals surface area (Å²) in [6, 6.07) is 15.1. The summed E-state index contributed by atoms with van der Waals surface area (Å²) in [7, 11) is 0. The zero-order chi connectivity index (χ0) is 19.1. The number of carbonyl (C=O) groups is 1. The second-order valence-electron chi connectivity index (χ2n) is 7.17.